The first-order valence-electron chi connectivity index (χ1n) is 8.23. The Bertz CT molecular complexity index is 847. The number of aliphatic imine (C=N–C) groups is 1. The number of benzene rings is 1. The number of nitrogens with zero attached hydrogens (tertiary/aromatic N) is 2. The SMILES string of the molecule is CN=C(NCc1nc(C(F)(F)F)cs1)NCc1ccc(C)cc1OCC(F)(F)F. The zero-order valence-electron chi connectivity index (χ0n) is 15.4. The van der Waals surface area contributed by atoms with Gasteiger partial charge in [-0.1, -0.05) is 12.1 Å². The summed E-state index contributed by atoms with van der Waals surface area (Å²) in [6.07, 6.45) is -8.97. The molecule has 0 aliphatic carbocycles. The van der Waals surface area contributed by atoms with Gasteiger partial charge in [0.15, 0.2) is 18.3 Å². The number of guanidine groups is 1. The maximum absolute atomic E-state index is 12.6. The zero-order chi connectivity index (χ0) is 21.7. The second-order valence-corrected chi connectivity index (χ2v) is 6.86. The highest BCUT2D eigenvalue weighted by Crippen LogP contribution is 2.30. The average molecular weight is 440 g/mol. The highest BCUT2D eigenvalue weighted by atomic mass is 32.1. The standard InChI is InChI=1S/C17H18F6N4OS/c1-10-3-4-11(12(5-10)28-9-16(18,19)20)6-25-15(24-2)26-7-14-27-13(8-29-14)17(21,22)23/h3-5,8H,6-7,9H2,1-2H3,(H2,24,25,26). The lowest BCUT2D eigenvalue weighted by Crippen LogP contribution is -2.36. The summed E-state index contributed by atoms with van der Waals surface area (Å²) in [6, 6.07) is 4.84. The van der Waals surface area contributed by atoms with Crippen molar-refractivity contribution < 1.29 is 31.1 Å². The average Bonchev–Trinajstić information content (AvgIpc) is 3.10. The summed E-state index contributed by atoms with van der Waals surface area (Å²) in [5.74, 6) is 0.330. The van der Waals surface area contributed by atoms with Crippen LogP contribution in [0.2, 0.25) is 0 Å². The maximum Gasteiger partial charge on any atom is 0.434 e. The topological polar surface area (TPSA) is 58.5 Å². The van der Waals surface area contributed by atoms with Gasteiger partial charge >= 0.3 is 12.4 Å². The van der Waals surface area contributed by atoms with E-state index in [0.717, 1.165) is 22.3 Å². The van der Waals surface area contributed by atoms with E-state index in [0.29, 0.717) is 5.56 Å². The number of aryl methyl sites for hydroxylation is 1. The van der Waals surface area contributed by atoms with Crippen LogP contribution in [0, 0.1) is 6.92 Å². The highest BCUT2D eigenvalue weighted by molar-refractivity contribution is 7.09. The minimum atomic E-state index is -4.51. The molecular weight excluding hydrogens is 422 g/mol. The van der Waals surface area contributed by atoms with E-state index in [9.17, 15) is 26.3 Å². The van der Waals surface area contributed by atoms with Gasteiger partial charge in [-0.05, 0) is 18.6 Å². The quantitative estimate of drug-likeness (QED) is 0.400. The van der Waals surface area contributed by atoms with E-state index in [1.165, 1.54) is 13.1 Å². The summed E-state index contributed by atoms with van der Waals surface area (Å²) >= 11 is 0.853. The predicted octanol–water partition coefficient (Wildman–Crippen LogP) is 4.28. The number of thiazole rings is 1. The van der Waals surface area contributed by atoms with Crippen LogP contribution < -0.4 is 15.4 Å². The van der Waals surface area contributed by atoms with Gasteiger partial charge in [0.25, 0.3) is 0 Å². The zero-order valence-corrected chi connectivity index (χ0v) is 16.2. The molecule has 12 heteroatoms. The van der Waals surface area contributed by atoms with Crippen LogP contribution in [-0.2, 0) is 19.3 Å². The van der Waals surface area contributed by atoms with Gasteiger partial charge in [-0.15, -0.1) is 11.3 Å². The summed E-state index contributed by atoms with van der Waals surface area (Å²) in [7, 11) is 1.45. The van der Waals surface area contributed by atoms with E-state index in [-0.39, 0.29) is 29.8 Å². The van der Waals surface area contributed by atoms with Crippen LogP contribution >= 0.6 is 11.3 Å². The number of aromatic nitrogens is 1. The largest absolute Gasteiger partial charge is 0.484 e. The third kappa shape index (κ3) is 7.44. The van der Waals surface area contributed by atoms with Crippen molar-refractivity contribution in [2.24, 2.45) is 4.99 Å². The smallest absolute Gasteiger partial charge is 0.434 e. The molecule has 2 rings (SSSR count). The second-order valence-electron chi connectivity index (χ2n) is 5.92. The Morgan fingerprint density at radius 1 is 1.14 bits per heavy atom. The number of rotatable bonds is 6. The van der Waals surface area contributed by atoms with E-state index in [2.05, 4.69) is 20.6 Å². The van der Waals surface area contributed by atoms with Crippen LogP contribution in [0.5, 0.6) is 5.75 Å². The Morgan fingerprint density at radius 2 is 1.83 bits per heavy atom. The van der Waals surface area contributed by atoms with Crippen molar-refractivity contribution in [1.82, 2.24) is 15.6 Å². The minimum Gasteiger partial charge on any atom is -0.484 e. The molecule has 160 valence electrons. The van der Waals surface area contributed by atoms with Crippen LogP contribution in [0.3, 0.4) is 0 Å². The second kappa shape index (κ2) is 9.33. The number of hydrogen-bond acceptors (Lipinski definition) is 4. The van der Waals surface area contributed by atoms with Crippen LogP contribution in [0.1, 0.15) is 21.8 Å². The molecule has 0 unspecified atom stereocenters. The lowest BCUT2D eigenvalue weighted by Gasteiger charge is -2.16. The first-order chi connectivity index (χ1) is 13.5. The van der Waals surface area contributed by atoms with Gasteiger partial charge in [0.2, 0.25) is 0 Å². The summed E-state index contributed by atoms with van der Waals surface area (Å²) in [5.41, 5.74) is 0.238. The molecule has 2 aromatic rings. The van der Waals surface area contributed by atoms with Crippen molar-refractivity contribution in [3.8, 4) is 5.75 Å². The number of ether oxygens (including phenoxy) is 1. The van der Waals surface area contributed by atoms with Gasteiger partial charge in [0.1, 0.15) is 10.8 Å². The first kappa shape index (κ1) is 22.8. The third-order valence-electron chi connectivity index (χ3n) is 3.53. The van der Waals surface area contributed by atoms with Crippen molar-refractivity contribution >= 4 is 17.3 Å². The molecule has 0 aliphatic rings. The van der Waals surface area contributed by atoms with E-state index in [4.69, 9.17) is 4.74 Å². The minimum absolute atomic E-state index is 0.00570. The molecule has 0 radical (unpaired) electrons. The number of halogens is 6. The molecule has 1 aromatic heterocycles. The van der Waals surface area contributed by atoms with Gasteiger partial charge in [-0.25, -0.2) is 4.98 Å². The molecule has 0 amide bonds. The van der Waals surface area contributed by atoms with Gasteiger partial charge in [0.05, 0.1) is 6.54 Å². The van der Waals surface area contributed by atoms with Crippen LogP contribution in [0.4, 0.5) is 26.3 Å². The van der Waals surface area contributed by atoms with Crippen molar-refractivity contribution in [2.45, 2.75) is 32.4 Å². The molecule has 0 fully saturated rings. The fourth-order valence-corrected chi connectivity index (χ4v) is 2.92. The molecule has 29 heavy (non-hydrogen) atoms. The Hall–Kier alpha value is -2.50. The van der Waals surface area contributed by atoms with E-state index < -0.39 is 24.7 Å². The van der Waals surface area contributed by atoms with E-state index >= 15 is 0 Å². The first-order valence-corrected chi connectivity index (χ1v) is 9.11. The molecular formula is C17H18F6N4OS. The Labute approximate surface area is 166 Å². The summed E-state index contributed by atoms with van der Waals surface area (Å²) < 4.78 is 79.9. The molecule has 0 atom stereocenters. The molecule has 0 saturated heterocycles. The summed E-state index contributed by atoms with van der Waals surface area (Å²) in [4.78, 5) is 7.43. The van der Waals surface area contributed by atoms with Crippen molar-refractivity contribution in [2.75, 3.05) is 13.7 Å². The third-order valence-corrected chi connectivity index (χ3v) is 4.38. The van der Waals surface area contributed by atoms with Gasteiger partial charge in [0, 0.05) is 24.5 Å². The molecule has 0 saturated carbocycles. The highest BCUT2D eigenvalue weighted by Gasteiger charge is 2.33. The molecule has 1 heterocycles. The Balaban J connectivity index is 1.96. The molecule has 0 aliphatic heterocycles. The van der Waals surface area contributed by atoms with Crippen molar-refractivity contribution in [1.29, 1.82) is 0 Å². The lowest BCUT2D eigenvalue weighted by molar-refractivity contribution is -0.153. The monoisotopic (exact) mass is 440 g/mol. The number of nitrogens with one attached hydrogen (secondary N) is 2. The van der Waals surface area contributed by atoms with Crippen molar-refractivity contribution in [3.63, 3.8) is 0 Å². The molecule has 1 aromatic carbocycles. The lowest BCUT2D eigenvalue weighted by atomic mass is 10.1. The van der Waals surface area contributed by atoms with E-state index in [1.54, 1.807) is 19.1 Å². The van der Waals surface area contributed by atoms with E-state index in [1.807, 2.05) is 0 Å². The summed E-state index contributed by atoms with van der Waals surface area (Å²) in [6.45, 7) is 0.411. The van der Waals surface area contributed by atoms with Gasteiger partial charge < -0.3 is 15.4 Å². The fourth-order valence-electron chi connectivity index (χ4n) is 2.18. The molecule has 2 N–H and O–H groups in total. The van der Waals surface area contributed by atoms with Gasteiger partial charge in [-0.2, -0.15) is 26.3 Å². The normalized spacial score (nSPS) is 12.8. The Morgan fingerprint density at radius 3 is 2.41 bits per heavy atom. The molecule has 0 bridgehead atoms. The van der Waals surface area contributed by atoms with Crippen LogP contribution in [-0.4, -0.2) is 30.8 Å². The predicted molar refractivity (Wildman–Crippen MR) is 96.9 cm³/mol. The van der Waals surface area contributed by atoms with Crippen LogP contribution in [0.25, 0.3) is 0 Å². The van der Waals surface area contributed by atoms with Gasteiger partial charge in [-0.3, -0.25) is 4.99 Å². The number of hydrogen-bond donors (Lipinski definition) is 2. The Kier molecular flexibility index (Phi) is 7.33. The maximum atomic E-state index is 12.6. The molecule has 0 spiro atoms. The van der Waals surface area contributed by atoms with Crippen molar-refractivity contribution in [3.05, 3.63) is 45.4 Å². The fraction of sp³-hybridized carbons (Fsp3) is 0.412. The number of alkyl halides is 6. The summed E-state index contributed by atoms with van der Waals surface area (Å²) in [5, 5.41) is 6.82. The molecule has 5 nitrogen and oxygen atoms in total. The van der Waals surface area contributed by atoms with Crippen LogP contribution in [0.15, 0.2) is 28.6 Å².